The summed E-state index contributed by atoms with van der Waals surface area (Å²) in [4.78, 5) is 32.4. The van der Waals surface area contributed by atoms with Crippen LogP contribution in [-0.4, -0.2) is 28.3 Å². The summed E-state index contributed by atoms with van der Waals surface area (Å²) in [5, 5.41) is 0.906. The zero-order chi connectivity index (χ0) is 18.1. The zero-order valence-corrected chi connectivity index (χ0v) is 14.8. The molecule has 0 spiro atoms. The van der Waals surface area contributed by atoms with Crippen molar-refractivity contribution in [3.63, 3.8) is 0 Å². The van der Waals surface area contributed by atoms with Crippen molar-refractivity contribution in [3.8, 4) is 0 Å². The number of hydrogen-bond donors (Lipinski definition) is 1. The van der Waals surface area contributed by atoms with Crippen molar-refractivity contribution in [2.45, 2.75) is 27.7 Å². The molecule has 5 heteroatoms. The second-order valence-corrected chi connectivity index (χ2v) is 6.20. The number of rotatable bonds is 4. The van der Waals surface area contributed by atoms with Crippen molar-refractivity contribution < 1.29 is 14.3 Å². The first-order valence-electron chi connectivity index (χ1n) is 8.11. The lowest BCUT2D eigenvalue weighted by molar-refractivity contribution is 0.0472. The number of ketones is 1. The van der Waals surface area contributed by atoms with E-state index in [9.17, 15) is 9.59 Å². The van der Waals surface area contributed by atoms with Gasteiger partial charge in [0.15, 0.2) is 6.61 Å². The number of para-hydroxylation sites is 1. The normalized spacial score (nSPS) is 10.9. The molecule has 128 valence electrons. The molecule has 1 N–H and O–H groups in total. The highest BCUT2D eigenvalue weighted by Crippen LogP contribution is 2.23. The number of aromatic nitrogens is 2. The van der Waals surface area contributed by atoms with Gasteiger partial charge in [-0.25, -0.2) is 4.79 Å². The van der Waals surface area contributed by atoms with Gasteiger partial charge in [0, 0.05) is 22.3 Å². The molecule has 3 rings (SSSR count). The van der Waals surface area contributed by atoms with E-state index < -0.39 is 5.97 Å². The molecule has 0 atom stereocenters. The fourth-order valence-corrected chi connectivity index (χ4v) is 3.13. The Hall–Kier alpha value is -2.95. The molecule has 25 heavy (non-hydrogen) atoms. The number of nitrogens with zero attached hydrogens (tertiary/aromatic N) is 1. The van der Waals surface area contributed by atoms with Crippen LogP contribution in [0.3, 0.4) is 0 Å². The molecule has 0 aliphatic heterocycles. The summed E-state index contributed by atoms with van der Waals surface area (Å²) in [6.45, 7) is 7.06. The first-order chi connectivity index (χ1) is 11.9. The topological polar surface area (TPSA) is 72.1 Å². The van der Waals surface area contributed by atoms with E-state index in [0.29, 0.717) is 16.8 Å². The number of ether oxygens (including phenoxy) is 1. The molecule has 2 heterocycles. The molecule has 3 aromatic rings. The van der Waals surface area contributed by atoms with Crippen LogP contribution in [0.1, 0.15) is 43.4 Å². The molecule has 0 saturated carbocycles. The molecule has 0 amide bonds. The average molecular weight is 336 g/mol. The largest absolute Gasteiger partial charge is 0.454 e. The minimum absolute atomic E-state index is 0.223. The van der Waals surface area contributed by atoms with Crippen molar-refractivity contribution in [1.29, 1.82) is 0 Å². The number of aryl methyl sites for hydroxylation is 4. The maximum atomic E-state index is 12.5. The van der Waals surface area contributed by atoms with Gasteiger partial charge in [-0.15, -0.1) is 0 Å². The zero-order valence-electron chi connectivity index (χ0n) is 14.8. The minimum atomic E-state index is -0.522. The van der Waals surface area contributed by atoms with E-state index in [1.54, 1.807) is 13.0 Å². The number of fused-ring (bicyclic) bond motifs is 1. The van der Waals surface area contributed by atoms with Gasteiger partial charge in [-0.2, -0.15) is 0 Å². The molecule has 5 nitrogen and oxygen atoms in total. The fourth-order valence-electron chi connectivity index (χ4n) is 3.13. The summed E-state index contributed by atoms with van der Waals surface area (Å²) >= 11 is 0. The lowest BCUT2D eigenvalue weighted by atomic mass is 10.0. The smallest absolute Gasteiger partial charge is 0.340 e. The maximum Gasteiger partial charge on any atom is 0.340 e. The van der Waals surface area contributed by atoms with Gasteiger partial charge in [0.1, 0.15) is 0 Å². The Morgan fingerprint density at radius 2 is 1.84 bits per heavy atom. The van der Waals surface area contributed by atoms with Gasteiger partial charge in [-0.3, -0.25) is 9.78 Å². The number of esters is 1. The highest BCUT2D eigenvalue weighted by atomic mass is 16.5. The van der Waals surface area contributed by atoms with E-state index in [1.165, 1.54) is 0 Å². The number of aromatic amines is 1. The van der Waals surface area contributed by atoms with Crippen LogP contribution in [-0.2, 0) is 4.74 Å². The Morgan fingerprint density at radius 1 is 1.12 bits per heavy atom. The highest BCUT2D eigenvalue weighted by Gasteiger charge is 2.20. The molecule has 0 radical (unpaired) electrons. The van der Waals surface area contributed by atoms with Gasteiger partial charge in [0.25, 0.3) is 0 Å². The molecule has 0 unspecified atom stereocenters. The Balaban J connectivity index is 1.83. The molecule has 1 aromatic carbocycles. The summed E-state index contributed by atoms with van der Waals surface area (Å²) in [5.41, 5.74) is 4.90. The average Bonchev–Trinajstić information content (AvgIpc) is 2.91. The van der Waals surface area contributed by atoms with Crippen LogP contribution in [0.25, 0.3) is 10.9 Å². The van der Waals surface area contributed by atoms with E-state index >= 15 is 0 Å². The SMILES string of the molecule is Cc1cc(C(=O)COC(=O)c2c(C)nc3ccccc3c2C)c(C)[nH]1. The van der Waals surface area contributed by atoms with E-state index in [2.05, 4.69) is 9.97 Å². The second kappa shape index (κ2) is 6.51. The highest BCUT2D eigenvalue weighted by molar-refractivity contribution is 6.02. The first-order valence-corrected chi connectivity index (χ1v) is 8.11. The standard InChI is InChI=1S/C20H20N2O3/c1-11-9-16(13(3)21-11)18(23)10-25-20(24)19-12(2)15-7-5-6-8-17(15)22-14(19)4/h5-9,21H,10H2,1-4H3. The molecule has 0 fully saturated rings. The fraction of sp³-hybridized carbons (Fsp3) is 0.250. The van der Waals surface area contributed by atoms with Gasteiger partial charge in [0.05, 0.1) is 16.8 Å². The maximum absolute atomic E-state index is 12.5. The van der Waals surface area contributed by atoms with Crippen LogP contribution in [0.15, 0.2) is 30.3 Å². The Kier molecular flexibility index (Phi) is 4.40. The van der Waals surface area contributed by atoms with E-state index in [0.717, 1.165) is 27.9 Å². The summed E-state index contributed by atoms with van der Waals surface area (Å²) in [6, 6.07) is 9.41. The van der Waals surface area contributed by atoms with Crippen LogP contribution in [0.4, 0.5) is 0 Å². The molecular formula is C20H20N2O3. The van der Waals surface area contributed by atoms with Crippen LogP contribution in [0, 0.1) is 27.7 Å². The van der Waals surface area contributed by atoms with Crippen molar-refractivity contribution >= 4 is 22.7 Å². The first kappa shape index (κ1) is 16.9. The number of carbonyl (C=O) groups excluding carboxylic acids is 2. The van der Waals surface area contributed by atoms with Crippen LogP contribution in [0.5, 0.6) is 0 Å². The third-order valence-electron chi connectivity index (χ3n) is 4.32. The van der Waals surface area contributed by atoms with Crippen molar-refractivity contribution in [2.24, 2.45) is 0 Å². The molecule has 0 saturated heterocycles. The van der Waals surface area contributed by atoms with Crippen molar-refractivity contribution in [3.05, 3.63) is 64.1 Å². The van der Waals surface area contributed by atoms with E-state index in [4.69, 9.17) is 4.74 Å². The van der Waals surface area contributed by atoms with E-state index in [1.807, 2.05) is 45.0 Å². The van der Waals surface area contributed by atoms with Gasteiger partial charge in [-0.1, -0.05) is 18.2 Å². The Bertz CT molecular complexity index is 986. The van der Waals surface area contributed by atoms with Gasteiger partial charge in [-0.05, 0) is 45.4 Å². The number of Topliss-reactive ketones (excluding diaryl/α,β-unsaturated/α-hetero) is 1. The molecule has 2 aromatic heterocycles. The summed E-state index contributed by atoms with van der Waals surface area (Å²) in [7, 11) is 0. The van der Waals surface area contributed by atoms with E-state index in [-0.39, 0.29) is 12.4 Å². The van der Waals surface area contributed by atoms with Gasteiger partial charge < -0.3 is 9.72 Å². The van der Waals surface area contributed by atoms with Crippen molar-refractivity contribution in [2.75, 3.05) is 6.61 Å². The number of nitrogens with one attached hydrogen (secondary N) is 1. The Morgan fingerprint density at radius 3 is 2.52 bits per heavy atom. The third kappa shape index (κ3) is 3.18. The quantitative estimate of drug-likeness (QED) is 0.580. The molecule has 0 bridgehead atoms. The van der Waals surface area contributed by atoms with Gasteiger partial charge >= 0.3 is 5.97 Å². The number of benzene rings is 1. The van der Waals surface area contributed by atoms with Crippen LogP contribution < -0.4 is 0 Å². The number of H-pyrrole nitrogens is 1. The number of carbonyl (C=O) groups is 2. The van der Waals surface area contributed by atoms with Crippen LogP contribution >= 0.6 is 0 Å². The lowest BCUT2D eigenvalue weighted by Crippen LogP contribution is -2.17. The lowest BCUT2D eigenvalue weighted by Gasteiger charge is -2.11. The number of pyridine rings is 1. The van der Waals surface area contributed by atoms with Crippen LogP contribution in [0.2, 0.25) is 0 Å². The second-order valence-electron chi connectivity index (χ2n) is 6.20. The van der Waals surface area contributed by atoms with Gasteiger partial charge in [0.2, 0.25) is 5.78 Å². The molecule has 0 aliphatic rings. The summed E-state index contributed by atoms with van der Waals surface area (Å²) in [5.74, 6) is -0.745. The third-order valence-corrected chi connectivity index (χ3v) is 4.32. The summed E-state index contributed by atoms with van der Waals surface area (Å²) < 4.78 is 5.28. The molecular weight excluding hydrogens is 316 g/mol. The Labute approximate surface area is 146 Å². The predicted molar refractivity (Wildman–Crippen MR) is 96.1 cm³/mol. The summed E-state index contributed by atoms with van der Waals surface area (Å²) in [6.07, 6.45) is 0. The predicted octanol–water partition coefficient (Wildman–Crippen LogP) is 3.84. The van der Waals surface area contributed by atoms with Crippen molar-refractivity contribution in [1.82, 2.24) is 9.97 Å². The molecule has 0 aliphatic carbocycles. The number of hydrogen-bond acceptors (Lipinski definition) is 4. The minimum Gasteiger partial charge on any atom is -0.454 e. The monoisotopic (exact) mass is 336 g/mol.